The Morgan fingerprint density at radius 1 is 1.08 bits per heavy atom. The normalized spacial score (nSPS) is 15.4. The second-order valence-electron chi connectivity index (χ2n) is 7.97. The van der Waals surface area contributed by atoms with Gasteiger partial charge in [-0.2, -0.15) is 0 Å². The third kappa shape index (κ3) is 6.82. The summed E-state index contributed by atoms with van der Waals surface area (Å²) in [5.41, 5.74) is 2.67. The van der Waals surface area contributed by atoms with E-state index in [4.69, 9.17) is 32.7 Å². The minimum atomic E-state index is -0.387. The van der Waals surface area contributed by atoms with E-state index in [1.807, 2.05) is 18.2 Å². The van der Waals surface area contributed by atoms with Crippen LogP contribution in [0.5, 0.6) is 5.75 Å². The molecule has 38 heavy (non-hydrogen) atoms. The van der Waals surface area contributed by atoms with Crippen molar-refractivity contribution >= 4 is 95.6 Å². The molecule has 0 atom stereocenters. The number of carbonyl (C=O) groups is 2. The van der Waals surface area contributed by atoms with Crippen LogP contribution in [0.25, 0.3) is 6.08 Å². The summed E-state index contributed by atoms with van der Waals surface area (Å²) in [5.74, 6) is 0.0537. The third-order valence-corrected chi connectivity index (χ3v) is 8.14. The van der Waals surface area contributed by atoms with Gasteiger partial charge in [-0.1, -0.05) is 29.3 Å². The van der Waals surface area contributed by atoms with Gasteiger partial charge in [-0.15, -0.1) is 0 Å². The van der Waals surface area contributed by atoms with Gasteiger partial charge in [0, 0.05) is 22.7 Å². The number of amides is 1. The molecule has 0 saturated carbocycles. The highest BCUT2D eigenvalue weighted by atomic mass is 79.9. The molecule has 0 N–H and O–H groups in total. The van der Waals surface area contributed by atoms with E-state index < -0.39 is 0 Å². The van der Waals surface area contributed by atoms with Crippen molar-refractivity contribution in [3.05, 3.63) is 95.2 Å². The Morgan fingerprint density at radius 2 is 1.76 bits per heavy atom. The van der Waals surface area contributed by atoms with Crippen LogP contribution in [-0.2, 0) is 16.1 Å². The number of ether oxygens (including phenoxy) is 2. The maximum absolute atomic E-state index is 12.9. The summed E-state index contributed by atoms with van der Waals surface area (Å²) < 4.78 is 12.4. The topological polar surface area (TPSA) is 68.2 Å². The Balaban J connectivity index is 1.50. The fourth-order valence-corrected chi connectivity index (χ4v) is 6.29. The third-order valence-electron chi connectivity index (χ3n) is 5.31. The van der Waals surface area contributed by atoms with Gasteiger partial charge < -0.3 is 9.47 Å². The van der Waals surface area contributed by atoms with Crippen molar-refractivity contribution in [2.24, 2.45) is 4.99 Å². The lowest BCUT2D eigenvalue weighted by molar-refractivity contribution is -0.121. The van der Waals surface area contributed by atoms with E-state index in [-0.39, 0.29) is 18.5 Å². The molecule has 0 bridgehead atoms. The van der Waals surface area contributed by atoms with Crippen molar-refractivity contribution < 1.29 is 19.1 Å². The van der Waals surface area contributed by atoms with Crippen LogP contribution >= 0.6 is 66.8 Å². The molecule has 0 aromatic heterocycles. The molecule has 1 fully saturated rings. The van der Waals surface area contributed by atoms with Crippen molar-refractivity contribution in [3.63, 3.8) is 0 Å². The van der Waals surface area contributed by atoms with Crippen molar-refractivity contribution in [1.29, 1.82) is 0 Å². The molecule has 0 aliphatic carbocycles. The molecule has 1 heterocycles. The number of esters is 1. The zero-order valence-electron chi connectivity index (χ0n) is 20.1. The molecule has 0 unspecified atom stereocenters. The van der Waals surface area contributed by atoms with Crippen LogP contribution in [0.4, 0.5) is 5.69 Å². The second-order valence-corrected chi connectivity index (χ2v) is 11.5. The molecule has 1 saturated heterocycles. The molecular formula is C27H20Br2Cl2N2O4S. The summed E-state index contributed by atoms with van der Waals surface area (Å²) in [6.07, 6.45) is 1.80. The predicted octanol–water partition coefficient (Wildman–Crippen LogP) is 8.51. The zero-order chi connectivity index (χ0) is 27.4. The van der Waals surface area contributed by atoms with Gasteiger partial charge in [-0.25, -0.2) is 9.79 Å². The Hall–Kier alpha value is -2.30. The number of hydrogen-bond acceptors (Lipinski definition) is 6. The highest BCUT2D eigenvalue weighted by Gasteiger charge is 2.30. The molecule has 3 aromatic rings. The summed E-state index contributed by atoms with van der Waals surface area (Å²) in [6, 6.07) is 15.7. The number of likely N-dealkylation sites (N-methyl/N-ethyl adjacent to an activating group) is 1. The first kappa shape index (κ1) is 28.7. The van der Waals surface area contributed by atoms with E-state index >= 15 is 0 Å². The molecule has 11 heteroatoms. The summed E-state index contributed by atoms with van der Waals surface area (Å²) in [4.78, 5) is 31.4. The van der Waals surface area contributed by atoms with Gasteiger partial charge >= 0.3 is 5.97 Å². The number of halogens is 4. The number of amidine groups is 1. The average Bonchev–Trinajstić information content (AvgIpc) is 3.12. The number of carbonyl (C=O) groups excluding carboxylic acids is 2. The Labute approximate surface area is 251 Å². The summed E-state index contributed by atoms with van der Waals surface area (Å²) in [6.45, 7) is 2.32. The lowest BCUT2D eigenvalue weighted by Crippen LogP contribution is -2.23. The molecule has 0 spiro atoms. The standard InChI is InChI=1S/C27H20Br2Cl2N2O4S/c1-3-36-26(35)16-5-8-19(9-6-16)32-27-33(2)25(34)23(38-27)12-15-10-20(28)24(21(29)11-15)37-14-17-4-7-18(30)13-22(17)31/h4-13H,3,14H2,1-2H3/b23-12-,32-27?. The average molecular weight is 699 g/mol. The molecule has 1 aliphatic rings. The number of nitrogens with zero attached hydrogens (tertiary/aromatic N) is 2. The van der Waals surface area contributed by atoms with Gasteiger partial charge in [0.1, 0.15) is 12.4 Å². The van der Waals surface area contributed by atoms with E-state index in [2.05, 4.69) is 36.9 Å². The first-order valence-electron chi connectivity index (χ1n) is 11.3. The van der Waals surface area contributed by atoms with E-state index in [0.29, 0.717) is 52.7 Å². The lowest BCUT2D eigenvalue weighted by atomic mass is 10.2. The largest absolute Gasteiger partial charge is 0.486 e. The van der Waals surface area contributed by atoms with Crippen molar-refractivity contribution in [1.82, 2.24) is 4.90 Å². The second kappa shape index (κ2) is 12.7. The minimum Gasteiger partial charge on any atom is -0.486 e. The molecule has 0 radical (unpaired) electrons. The fourth-order valence-electron chi connectivity index (χ4n) is 3.39. The van der Waals surface area contributed by atoms with Gasteiger partial charge in [-0.05, 0) is 111 Å². The number of hydrogen-bond donors (Lipinski definition) is 0. The van der Waals surface area contributed by atoms with Crippen LogP contribution in [-0.4, -0.2) is 35.6 Å². The SMILES string of the molecule is CCOC(=O)c1ccc(N=C2S/C(=C\c3cc(Br)c(OCc4ccc(Cl)cc4Cl)c(Br)c3)C(=O)N2C)cc1. The zero-order valence-corrected chi connectivity index (χ0v) is 25.6. The van der Waals surface area contributed by atoms with Crippen LogP contribution < -0.4 is 4.74 Å². The Bertz CT molecular complexity index is 1440. The fraction of sp³-hybridized carbons (Fsp3) is 0.148. The van der Waals surface area contributed by atoms with E-state index in [9.17, 15) is 9.59 Å². The Morgan fingerprint density at radius 3 is 2.39 bits per heavy atom. The van der Waals surface area contributed by atoms with Gasteiger partial charge in [0.15, 0.2) is 5.17 Å². The van der Waals surface area contributed by atoms with Gasteiger partial charge in [-0.3, -0.25) is 9.69 Å². The number of rotatable bonds is 7. The van der Waals surface area contributed by atoms with Crippen LogP contribution in [0.3, 0.4) is 0 Å². The van der Waals surface area contributed by atoms with Crippen LogP contribution in [0.2, 0.25) is 10.0 Å². The molecule has 6 nitrogen and oxygen atoms in total. The molecule has 1 amide bonds. The maximum Gasteiger partial charge on any atom is 0.338 e. The maximum atomic E-state index is 12.9. The number of benzene rings is 3. The number of aliphatic imine (C=N–C) groups is 1. The van der Waals surface area contributed by atoms with E-state index in [0.717, 1.165) is 11.1 Å². The summed E-state index contributed by atoms with van der Waals surface area (Å²) in [5, 5.41) is 1.62. The van der Waals surface area contributed by atoms with Gasteiger partial charge in [0.25, 0.3) is 5.91 Å². The van der Waals surface area contributed by atoms with E-state index in [1.54, 1.807) is 56.4 Å². The predicted molar refractivity (Wildman–Crippen MR) is 160 cm³/mol. The van der Waals surface area contributed by atoms with Crippen LogP contribution in [0.1, 0.15) is 28.4 Å². The molecular weight excluding hydrogens is 679 g/mol. The summed E-state index contributed by atoms with van der Waals surface area (Å²) in [7, 11) is 1.67. The minimum absolute atomic E-state index is 0.165. The lowest BCUT2D eigenvalue weighted by Gasteiger charge is -2.12. The molecule has 4 rings (SSSR count). The Kier molecular flexibility index (Phi) is 9.59. The van der Waals surface area contributed by atoms with E-state index in [1.165, 1.54) is 16.7 Å². The van der Waals surface area contributed by atoms with Crippen LogP contribution in [0.15, 0.2) is 73.4 Å². The van der Waals surface area contributed by atoms with Crippen molar-refractivity contribution in [2.75, 3.05) is 13.7 Å². The monoisotopic (exact) mass is 696 g/mol. The van der Waals surface area contributed by atoms with Crippen molar-refractivity contribution in [3.8, 4) is 5.75 Å². The number of thioether (sulfide) groups is 1. The smallest absolute Gasteiger partial charge is 0.338 e. The molecule has 196 valence electrons. The first-order chi connectivity index (χ1) is 18.2. The van der Waals surface area contributed by atoms with Crippen molar-refractivity contribution in [2.45, 2.75) is 13.5 Å². The summed E-state index contributed by atoms with van der Waals surface area (Å²) >= 11 is 20.6. The highest BCUT2D eigenvalue weighted by Crippen LogP contribution is 2.38. The first-order valence-corrected chi connectivity index (χ1v) is 14.4. The molecule has 1 aliphatic heterocycles. The van der Waals surface area contributed by atoms with Gasteiger partial charge in [0.05, 0.1) is 31.7 Å². The highest BCUT2D eigenvalue weighted by molar-refractivity contribution is 9.11. The molecule has 3 aromatic carbocycles. The van der Waals surface area contributed by atoms with Crippen LogP contribution in [0, 0.1) is 0 Å². The quantitative estimate of drug-likeness (QED) is 0.183. The van der Waals surface area contributed by atoms with Gasteiger partial charge in [0.2, 0.25) is 0 Å².